The van der Waals surface area contributed by atoms with Gasteiger partial charge in [-0.1, -0.05) is 6.07 Å². The van der Waals surface area contributed by atoms with E-state index < -0.39 is 11.9 Å². The van der Waals surface area contributed by atoms with Crippen LogP contribution >= 0.6 is 15.9 Å². The molecule has 0 spiro atoms. The van der Waals surface area contributed by atoms with Gasteiger partial charge in [-0.2, -0.15) is 0 Å². The fourth-order valence-corrected chi connectivity index (χ4v) is 1.63. The molecule has 0 aliphatic rings. The molecule has 2 N–H and O–H groups in total. The van der Waals surface area contributed by atoms with Crippen molar-refractivity contribution in [2.75, 3.05) is 20.3 Å². The van der Waals surface area contributed by atoms with Crippen molar-refractivity contribution < 1.29 is 19.0 Å². The van der Waals surface area contributed by atoms with Gasteiger partial charge in [-0.05, 0) is 33.6 Å². The number of rotatable bonds is 6. The van der Waals surface area contributed by atoms with Crippen LogP contribution in [0.15, 0.2) is 22.7 Å². The summed E-state index contributed by atoms with van der Waals surface area (Å²) in [6, 6.07) is 4.52. The van der Waals surface area contributed by atoms with Crippen molar-refractivity contribution in [2.24, 2.45) is 0 Å². The molecule has 100 valence electrons. The number of halogens is 2. The van der Waals surface area contributed by atoms with E-state index in [1.165, 1.54) is 13.2 Å². The largest absolute Gasteiger partial charge is 0.389 e. The molecule has 1 amide bonds. The van der Waals surface area contributed by atoms with E-state index in [4.69, 9.17) is 4.74 Å². The Morgan fingerprint density at radius 2 is 2.33 bits per heavy atom. The molecule has 1 rings (SSSR count). The summed E-state index contributed by atoms with van der Waals surface area (Å²) in [5.41, 5.74) is 0.578. The van der Waals surface area contributed by atoms with E-state index in [-0.39, 0.29) is 25.5 Å². The maximum absolute atomic E-state index is 13.2. The molecule has 0 saturated carbocycles. The number of aliphatic hydroxyl groups excluding tert-OH is 1. The summed E-state index contributed by atoms with van der Waals surface area (Å²) in [7, 11) is 1.47. The first kappa shape index (κ1) is 15.1. The lowest BCUT2D eigenvalue weighted by atomic mass is 10.1. The number of hydrogen-bond donors (Lipinski definition) is 2. The quantitative estimate of drug-likeness (QED) is 0.829. The minimum Gasteiger partial charge on any atom is -0.389 e. The highest BCUT2D eigenvalue weighted by Crippen LogP contribution is 2.16. The fourth-order valence-electron chi connectivity index (χ4n) is 1.38. The Kier molecular flexibility index (Phi) is 6.24. The minimum atomic E-state index is -0.736. The van der Waals surface area contributed by atoms with E-state index in [9.17, 15) is 14.3 Å². The van der Waals surface area contributed by atoms with Gasteiger partial charge < -0.3 is 15.2 Å². The molecule has 1 aromatic rings. The van der Waals surface area contributed by atoms with Crippen molar-refractivity contribution >= 4 is 21.8 Å². The first-order valence-corrected chi connectivity index (χ1v) is 6.20. The second-order valence-electron chi connectivity index (χ2n) is 3.84. The van der Waals surface area contributed by atoms with E-state index in [1.807, 2.05) is 0 Å². The van der Waals surface area contributed by atoms with Crippen LogP contribution in [0.2, 0.25) is 0 Å². The summed E-state index contributed by atoms with van der Waals surface area (Å²) in [5.74, 6) is -0.674. The number of nitrogens with one attached hydrogen (secondary N) is 1. The highest BCUT2D eigenvalue weighted by atomic mass is 79.9. The van der Waals surface area contributed by atoms with Crippen molar-refractivity contribution in [1.82, 2.24) is 5.32 Å². The van der Waals surface area contributed by atoms with Crippen LogP contribution in [0.1, 0.15) is 5.56 Å². The summed E-state index contributed by atoms with van der Waals surface area (Å²) < 4.78 is 18.3. The second kappa shape index (κ2) is 7.45. The Labute approximate surface area is 113 Å². The Bertz CT molecular complexity index is 414. The number of amides is 1. The molecule has 0 aliphatic carbocycles. The third-order valence-electron chi connectivity index (χ3n) is 2.24. The molecule has 0 heterocycles. The standard InChI is InChI=1S/C12H15BrFNO3/c1-18-7-9(16)6-15-12(17)5-8-2-3-10(13)11(14)4-8/h2-4,9,16H,5-7H2,1H3,(H,15,17). The van der Waals surface area contributed by atoms with E-state index in [0.29, 0.717) is 10.0 Å². The Morgan fingerprint density at radius 1 is 1.61 bits per heavy atom. The van der Waals surface area contributed by atoms with Crippen molar-refractivity contribution in [3.63, 3.8) is 0 Å². The molecule has 1 aromatic carbocycles. The van der Waals surface area contributed by atoms with E-state index in [0.717, 1.165) is 0 Å². The number of aliphatic hydroxyl groups is 1. The number of carbonyl (C=O) groups is 1. The third kappa shape index (κ3) is 5.12. The number of hydrogen-bond acceptors (Lipinski definition) is 3. The summed E-state index contributed by atoms with van der Waals surface area (Å²) >= 11 is 3.04. The normalized spacial score (nSPS) is 12.2. The van der Waals surface area contributed by atoms with Gasteiger partial charge in [0.25, 0.3) is 0 Å². The smallest absolute Gasteiger partial charge is 0.224 e. The molecule has 18 heavy (non-hydrogen) atoms. The van der Waals surface area contributed by atoms with Crippen molar-refractivity contribution in [2.45, 2.75) is 12.5 Å². The lowest BCUT2D eigenvalue weighted by Crippen LogP contribution is -2.35. The molecule has 0 saturated heterocycles. The average Bonchev–Trinajstić information content (AvgIpc) is 2.32. The fraction of sp³-hybridized carbons (Fsp3) is 0.417. The van der Waals surface area contributed by atoms with Gasteiger partial charge in [-0.25, -0.2) is 4.39 Å². The zero-order chi connectivity index (χ0) is 13.5. The molecular formula is C12H15BrFNO3. The lowest BCUT2D eigenvalue weighted by Gasteiger charge is -2.10. The predicted octanol–water partition coefficient (Wildman–Crippen LogP) is 1.25. The van der Waals surface area contributed by atoms with Crippen LogP contribution < -0.4 is 5.32 Å². The van der Waals surface area contributed by atoms with Crippen LogP contribution in [0.4, 0.5) is 4.39 Å². The zero-order valence-electron chi connectivity index (χ0n) is 9.95. The number of carbonyl (C=O) groups excluding carboxylic acids is 1. The SMILES string of the molecule is COCC(O)CNC(=O)Cc1ccc(Br)c(F)c1. The summed E-state index contributed by atoms with van der Waals surface area (Å²) in [5, 5.41) is 11.9. The summed E-state index contributed by atoms with van der Waals surface area (Å²) in [6.07, 6.45) is -0.662. The van der Waals surface area contributed by atoms with Crippen molar-refractivity contribution in [3.8, 4) is 0 Å². The lowest BCUT2D eigenvalue weighted by molar-refractivity contribution is -0.121. The van der Waals surface area contributed by atoms with Gasteiger partial charge in [-0.15, -0.1) is 0 Å². The van der Waals surface area contributed by atoms with Gasteiger partial charge >= 0.3 is 0 Å². The number of methoxy groups -OCH3 is 1. The van der Waals surface area contributed by atoms with Crippen LogP contribution in [0.25, 0.3) is 0 Å². The molecule has 0 bridgehead atoms. The molecule has 6 heteroatoms. The Balaban J connectivity index is 2.42. The molecule has 1 atom stereocenters. The monoisotopic (exact) mass is 319 g/mol. The van der Waals surface area contributed by atoms with E-state index in [2.05, 4.69) is 21.2 Å². The average molecular weight is 320 g/mol. The summed E-state index contributed by atoms with van der Waals surface area (Å²) in [4.78, 5) is 11.5. The topological polar surface area (TPSA) is 58.6 Å². The van der Waals surface area contributed by atoms with Gasteiger partial charge in [0, 0.05) is 13.7 Å². The first-order valence-electron chi connectivity index (χ1n) is 5.40. The maximum Gasteiger partial charge on any atom is 0.224 e. The highest BCUT2D eigenvalue weighted by molar-refractivity contribution is 9.10. The zero-order valence-corrected chi connectivity index (χ0v) is 11.5. The maximum atomic E-state index is 13.2. The molecule has 0 fully saturated rings. The van der Waals surface area contributed by atoms with Gasteiger partial charge in [0.1, 0.15) is 5.82 Å². The van der Waals surface area contributed by atoms with Gasteiger partial charge in [-0.3, -0.25) is 4.79 Å². The van der Waals surface area contributed by atoms with Crippen LogP contribution in [-0.4, -0.2) is 37.4 Å². The molecule has 0 radical (unpaired) electrons. The van der Waals surface area contributed by atoms with Gasteiger partial charge in [0.05, 0.1) is 23.6 Å². The Hall–Kier alpha value is -0.980. The highest BCUT2D eigenvalue weighted by Gasteiger charge is 2.08. The van der Waals surface area contributed by atoms with E-state index in [1.54, 1.807) is 12.1 Å². The third-order valence-corrected chi connectivity index (χ3v) is 2.89. The van der Waals surface area contributed by atoms with Crippen LogP contribution in [0.3, 0.4) is 0 Å². The second-order valence-corrected chi connectivity index (χ2v) is 4.69. The number of ether oxygens (including phenoxy) is 1. The predicted molar refractivity (Wildman–Crippen MR) is 68.7 cm³/mol. The van der Waals surface area contributed by atoms with Gasteiger partial charge in [0.2, 0.25) is 5.91 Å². The van der Waals surface area contributed by atoms with Gasteiger partial charge in [0.15, 0.2) is 0 Å². The minimum absolute atomic E-state index is 0.0733. The Morgan fingerprint density at radius 3 is 2.94 bits per heavy atom. The molecule has 0 aliphatic heterocycles. The summed E-state index contributed by atoms with van der Waals surface area (Å²) in [6.45, 7) is 0.277. The van der Waals surface area contributed by atoms with Crippen LogP contribution in [0, 0.1) is 5.82 Å². The van der Waals surface area contributed by atoms with Crippen LogP contribution in [-0.2, 0) is 16.0 Å². The van der Waals surface area contributed by atoms with Crippen LogP contribution in [0.5, 0.6) is 0 Å². The molecule has 0 aromatic heterocycles. The number of benzene rings is 1. The molecular weight excluding hydrogens is 305 g/mol. The molecule has 1 unspecified atom stereocenters. The molecule has 4 nitrogen and oxygen atoms in total. The van der Waals surface area contributed by atoms with E-state index >= 15 is 0 Å². The van der Waals surface area contributed by atoms with Crippen molar-refractivity contribution in [1.29, 1.82) is 0 Å². The first-order chi connectivity index (χ1) is 8.52. The van der Waals surface area contributed by atoms with Crippen molar-refractivity contribution in [3.05, 3.63) is 34.1 Å².